The standard InChI is InChI=1S/C16H20ClNO2/c1-10-9-16(3,4)18(15(19)11(2)17)14-8-12(20-5)6-7-13(10)14/h6-9,11H,1-5H3/t11-/m1/s1. The number of anilines is 1. The van der Waals surface area contributed by atoms with Crippen molar-refractivity contribution in [2.75, 3.05) is 12.0 Å². The number of rotatable bonds is 2. The molecule has 2 rings (SSSR count). The molecule has 0 aliphatic carbocycles. The van der Waals surface area contributed by atoms with E-state index in [-0.39, 0.29) is 5.91 Å². The molecular formula is C16H20ClNO2. The van der Waals surface area contributed by atoms with Gasteiger partial charge < -0.3 is 9.64 Å². The van der Waals surface area contributed by atoms with Crippen LogP contribution in [0.4, 0.5) is 5.69 Å². The third kappa shape index (κ3) is 2.42. The van der Waals surface area contributed by atoms with E-state index in [1.54, 1.807) is 18.9 Å². The second-order valence-electron chi connectivity index (χ2n) is 5.65. The van der Waals surface area contributed by atoms with E-state index in [4.69, 9.17) is 16.3 Å². The lowest BCUT2D eigenvalue weighted by atomic mass is 9.88. The van der Waals surface area contributed by atoms with Gasteiger partial charge in [0.1, 0.15) is 11.1 Å². The number of carbonyl (C=O) groups excluding carboxylic acids is 1. The van der Waals surface area contributed by atoms with Crippen LogP contribution in [0, 0.1) is 0 Å². The van der Waals surface area contributed by atoms with Crippen LogP contribution in [0.3, 0.4) is 0 Å². The lowest BCUT2D eigenvalue weighted by Crippen LogP contribution is -2.51. The lowest BCUT2D eigenvalue weighted by molar-refractivity contribution is -0.118. The highest BCUT2D eigenvalue weighted by molar-refractivity contribution is 6.33. The number of hydrogen-bond acceptors (Lipinski definition) is 2. The Labute approximate surface area is 125 Å². The topological polar surface area (TPSA) is 29.5 Å². The molecule has 1 aliphatic heterocycles. The van der Waals surface area contributed by atoms with Crippen molar-refractivity contribution in [1.29, 1.82) is 0 Å². The van der Waals surface area contributed by atoms with Gasteiger partial charge in [0.15, 0.2) is 0 Å². The van der Waals surface area contributed by atoms with Gasteiger partial charge >= 0.3 is 0 Å². The molecule has 1 aliphatic rings. The molecule has 3 nitrogen and oxygen atoms in total. The fraction of sp³-hybridized carbons (Fsp3) is 0.438. The van der Waals surface area contributed by atoms with Crippen molar-refractivity contribution in [3.05, 3.63) is 29.8 Å². The summed E-state index contributed by atoms with van der Waals surface area (Å²) in [5.74, 6) is 0.629. The zero-order chi connectivity index (χ0) is 15.1. The van der Waals surface area contributed by atoms with Gasteiger partial charge in [0.05, 0.1) is 18.3 Å². The molecule has 0 saturated heterocycles. The Balaban J connectivity index is 2.65. The van der Waals surface area contributed by atoms with Crippen molar-refractivity contribution in [2.24, 2.45) is 0 Å². The van der Waals surface area contributed by atoms with Gasteiger partial charge in [-0.3, -0.25) is 4.79 Å². The Hall–Kier alpha value is -1.48. The average Bonchev–Trinajstić information content (AvgIpc) is 2.36. The summed E-state index contributed by atoms with van der Waals surface area (Å²) in [6, 6.07) is 5.78. The van der Waals surface area contributed by atoms with Crippen LogP contribution < -0.4 is 9.64 Å². The first-order valence-corrected chi connectivity index (χ1v) is 7.07. The Kier molecular flexibility index (Phi) is 3.83. The molecule has 0 saturated carbocycles. The number of hydrogen-bond donors (Lipinski definition) is 0. The molecule has 4 heteroatoms. The molecule has 108 valence electrons. The molecule has 0 bridgehead atoms. The minimum absolute atomic E-state index is 0.102. The van der Waals surface area contributed by atoms with Crippen LogP contribution in [0.5, 0.6) is 5.75 Å². The summed E-state index contributed by atoms with van der Waals surface area (Å²) >= 11 is 6.02. The quantitative estimate of drug-likeness (QED) is 0.775. The van der Waals surface area contributed by atoms with Gasteiger partial charge in [-0.2, -0.15) is 0 Å². The molecule has 1 aromatic carbocycles. The Morgan fingerprint density at radius 2 is 2.05 bits per heavy atom. The van der Waals surface area contributed by atoms with E-state index in [2.05, 4.69) is 13.0 Å². The molecule has 0 fully saturated rings. The smallest absolute Gasteiger partial charge is 0.245 e. The summed E-state index contributed by atoms with van der Waals surface area (Å²) in [6.07, 6.45) is 2.10. The molecule has 0 radical (unpaired) electrons. The molecule has 0 spiro atoms. The third-order valence-electron chi connectivity index (χ3n) is 3.58. The van der Waals surface area contributed by atoms with E-state index in [9.17, 15) is 4.79 Å². The van der Waals surface area contributed by atoms with Crippen LogP contribution in [0.2, 0.25) is 0 Å². The minimum atomic E-state index is -0.569. The second kappa shape index (κ2) is 5.13. The fourth-order valence-electron chi connectivity index (χ4n) is 2.72. The number of halogens is 1. The van der Waals surface area contributed by atoms with E-state index in [0.717, 1.165) is 22.6 Å². The number of amides is 1. The summed E-state index contributed by atoms with van der Waals surface area (Å²) in [7, 11) is 1.62. The van der Waals surface area contributed by atoms with Gasteiger partial charge in [-0.25, -0.2) is 0 Å². The zero-order valence-electron chi connectivity index (χ0n) is 12.5. The molecule has 1 amide bonds. The highest BCUT2D eigenvalue weighted by atomic mass is 35.5. The number of benzene rings is 1. The van der Waals surface area contributed by atoms with Crippen LogP contribution >= 0.6 is 11.6 Å². The fourth-order valence-corrected chi connectivity index (χ4v) is 2.82. The van der Waals surface area contributed by atoms with Gasteiger partial charge in [-0.1, -0.05) is 6.08 Å². The van der Waals surface area contributed by atoms with E-state index >= 15 is 0 Å². The van der Waals surface area contributed by atoms with Crippen LogP contribution in [-0.2, 0) is 4.79 Å². The first-order valence-electron chi connectivity index (χ1n) is 6.64. The van der Waals surface area contributed by atoms with Crippen LogP contribution in [0.1, 0.15) is 33.3 Å². The molecule has 1 atom stereocenters. The van der Waals surface area contributed by atoms with Crippen molar-refractivity contribution in [2.45, 2.75) is 38.6 Å². The summed E-state index contributed by atoms with van der Waals surface area (Å²) < 4.78 is 5.28. The summed E-state index contributed by atoms with van der Waals surface area (Å²) in [5.41, 5.74) is 2.63. The first kappa shape index (κ1) is 14.9. The second-order valence-corrected chi connectivity index (χ2v) is 6.31. The monoisotopic (exact) mass is 293 g/mol. The van der Waals surface area contributed by atoms with E-state index in [1.807, 2.05) is 32.0 Å². The van der Waals surface area contributed by atoms with Gasteiger partial charge in [-0.05, 0) is 45.4 Å². The maximum atomic E-state index is 12.5. The van der Waals surface area contributed by atoms with Crippen molar-refractivity contribution in [3.8, 4) is 5.75 Å². The zero-order valence-corrected chi connectivity index (χ0v) is 13.3. The molecule has 20 heavy (non-hydrogen) atoms. The number of methoxy groups -OCH3 is 1. The van der Waals surface area contributed by atoms with E-state index < -0.39 is 10.9 Å². The molecule has 0 unspecified atom stereocenters. The first-order chi connectivity index (χ1) is 9.27. The normalized spacial score (nSPS) is 18.1. The predicted molar refractivity (Wildman–Crippen MR) is 83.5 cm³/mol. The summed E-state index contributed by atoms with van der Waals surface area (Å²) in [5, 5.41) is -0.569. The summed E-state index contributed by atoms with van der Waals surface area (Å²) in [6.45, 7) is 7.77. The van der Waals surface area contributed by atoms with Gasteiger partial charge in [0, 0.05) is 11.6 Å². The highest BCUT2D eigenvalue weighted by Crippen LogP contribution is 2.41. The van der Waals surface area contributed by atoms with Crippen molar-refractivity contribution >= 4 is 28.8 Å². The van der Waals surface area contributed by atoms with Crippen molar-refractivity contribution < 1.29 is 9.53 Å². The van der Waals surface area contributed by atoms with Crippen LogP contribution in [0.15, 0.2) is 24.3 Å². The highest BCUT2D eigenvalue weighted by Gasteiger charge is 2.37. The molecular weight excluding hydrogens is 274 g/mol. The Morgan fingerprint density at radius 3 is 2.60 bits per heavy atom. The van der Waals surface area contributed by atoms with Crippen molar-refractivity contribution in [1.82, 2.24) is 0 Å². The SMILES string of the molecule is COc1ccc2c(c1)N(C(=O)[C@@H](C)Cl)C(C)(C)C=C2C. The van der Waals surface area contributed by atoms with Crippen molar-refractivity contribution in [3.63, 3.8) is 0 Å². The number of fused-ring (bicyclic) bond motifs is 1. The number of ether oxygens (including phenoxy) is 1. The lowest BCUT2D eigenvalue weighted by Gasteiger charge is -2.42. The van der Waals surface area contributed by atoms with Crippen LogP contribution in [-0.4, -0.2) is 23.9 Å². The Morgan fingerprint density at radius 1 is 1.40 bits per heavy atom. The van der Waals surface area contributed by atoms with Crippen LogP contribution in [0.25, 0.3) is 5.57 Å². The maximum absolute atomic E-state index is 12.5. The van der Waals surface area contributed by atoms with E-state index in [1.165, 1.54) is 0 Å². The third-order valence-corrected chi connectivity index (χ3v) is 3.76. The molecule has 1 heterocycles. The minimum Gasteiger partial charge on any atom is -0.497 e. The van der Waals surface area contributed by atoms with Gasteiger partial charge in [0.2, 0.25) is 5.91 Å². The summed E-state index contributed by atoms with van der Waals surface area (Å²) in [4.78, 5) is 14.3. The molecule has 0 N–H and O–H groups in total. The number of allylic oxidation sites excluding steroid dienone is 1. The van der Waals surface area contributed by atoms with Gasteiger partial charge in [-0.15, -0.1) is 11.6 Å². The number of nitrogens with zero attached hydrogens (tertiary/aromatic N) is 1. The number of carbonyl (C=O) groups is 1. The predicted octanol–water partition coefficient (Wildman–Crippen LogP) is 3.85. The van der Waals surface area contributed by atoms with E-state index in [0.29, 0.717) is 0 Å². The average molecular weight is 294 g/mol. The number of alkyl halides is 1. The van der Waals surface area contributed by atoms with Gasteiger partial charge in [0.25, 0.3) is 0 Å². The molecule has 0 aromatic heterocycles. The Bertz CT molecular complexity index is 576. The largest absolute Gasteiger partial charge is 0.497 e. The molecule has 1 aromatic rings. The maximum Gasteiger partial charge on any atom is 0.245 e.